The van der Waals surface area contributed by atoms with Gasteiger partial charge in [0.1, 0.15) is 23.8 Å². The van der Waals surface area contributed by atoms with E-state index >= 15 is 0 Å². The van der Waals surface area contributed by atoms with E-state index in [4.69, 9.17) is 4.74 Å². The molecule has 1 saturated heterocycles. The number of aliphatic hydroxyl groups is 1. The summed E-state index contributed by atoms with van der Waals surface area (Å²) in [5.41, 5.74) is 1.50. The Morgan fingerprint density at radius 1 is 1.07 bits per heavy atom. The van der Waals surface area contributed by atoms with Crippen LogP contribution in [0.5, 0.6) is 0 Å². The van der Waals surface area contributed by atoms with Crippen molar-refractivity contribution in [3.05, 3.63) is 83.2 Å². The molecule has 154 valence electrons. The first-order valence-electron chi connectivity index (χ1n) is 9.45. The first kappa shape index (κ1) is 20.0. The Bertz CT molecular complexity index is 993. The molecule has 1 unspecified atom stereocenters. The van der Waals surface area contributed by atoms with Crippen LogP contribution in [0, 0.1) is 0 Å². The molecular formula is C22H20N2O5S. The molecule has 2 N–H and O–H groups in total. The average molecular weight is 424 g/mol. The molecule has 7 nitrogen and oxygen atoms in total. The van der Waals surface area contributed by atoms with Gasteiger partial charge in [-0.25, -0.2) is 4.79 Å². The van der Waals surface area contributed by atoms with Gasteiger partial charge in [-0.2, -0.15) is 0 Å². The maximum absolute atomic E-state index is 12.7. The number of ether oxygens (including phenoxy) is 1. The number of β-lactam (4-membered cyclic amide) rings is 1. The second-order valence-electron chi connectivity index (χ2n) is 6.97. The van der Waals surface area contributed by atoms with Crippen molar-refractivity contribution in [1.82, 2.24) is 10.2 Å². The highest BCUT2D eigenvalue weighted by Crippen LogP contribution is 2.40. The fraction of sp³-hybridized carbons (Fsp3) is 0.227. The van der Waals surface area contributed by atoms with E-state index in [0.29, 0.717) is 0 Å². The Balaban J connectivity index is 1.39. The zero-order valence-electron chi connectivity index (χ0n) is 16.0. The van der Waals surface area contributed by atoms with Crippen molar-refractivity contribution in [2.75, 3.05) is 5.75 Å². The number of carbonyl (C=O) groups is 3. The summed E-state index contributed by atoms with van der Waals surface area (Å²) >= 11 is 1.29. The lowest BCUT2D eigenvalue weighted by Crippen LogP contribution is -2.70. The molecule has 0 saturated carbocycles. The number of hydrogen-bond donors (Lipinski definition) is 2. The number of fused-ring (bicyclic) bond motifs is 1. The molecule has 0 radical (unpaired) electrons. The fourth-order valence-corrected chi connectivity index (χ4v) is 4.59. The van der Waals surface area contributed by atoms with Crippen LogP contribution < -0.4 is 5.32 Å². The number of thioether (sulfide) groups is 1. The molecule has 0 aromatic heterocycles. The second-order valence-corrected chi connectivity index (χ2v) is 8.08. The number of hydrogen-bond acceptors (Lipinski definition) is 6. The predicted octanol–water partition coefficient (Wildman–Crippen LogP) is 2.14. The zero-order chi connectivity index (χ0) is 21.1. The Morgan fingerprint density at radius 2 is 1.70 bits per heavy atom. The summed E-state index contributed by atoms with van der Waals surface area (Å²) in [4.78, 5) is 38.8. The van der Waals surface area contributed by atoms with Crippen molar-refractivity contribution in [3.63, 3.8) is 0 Å². The van der Waals surface area contributed by atoms with Crippen LogP contribution in [0.15, 0.2) is 72.1 Å². The van der Waals surface area contributed by atoms with Crippen LogP contribution in [-0.4, -0.2) is 45.0 Å². The van der Waals surface area contributed by atoms with E-state index in [2.05, 4.69) is 5.32 Å². The lowest BCUT2D eigenvalue weighted by atomic mass is 10.0. The highest BCUT2D eigenvalue weighted by molar-refractivity contribution is 8.00. The molecule has 2 aliphatic rings. The summed E-state index contributed by atoms with van der Waals surface area (Å²) < 4.78 is 5.29. The monoisotopic (exact) mass is 424 g/mol. The molecule has 2 heterocycles. The van der Waals surface area contributed by atoms with Crippen molar-refractivity contribution < 1.29 is 24.2 Å². The molecule has 30 heavy (non-hydrogen) atoms. The molecule has 0 aliphatic carbocycles. The number of nitrogens with one attached hydrogen (secondary N) is 1. The predicted molar refractivity (Wildman–Crippen MR) is 111 cm³/mol. The minimum atomic E-state index is -0.760. The minimum absolute atomic E-state index is 0.0353. The number of rotatable bonds is 6. The topological polar surface area (TPSA) is 95.9 Å². The molecule has 2 aliphatic heterocycles. The number of aliphatic hydroxyl groups excluding tert-OH is 1. The molecule has 0 bridgehead atoms. The number of esters is 1. The Morgan fingerprint density at radius 3 is 2.37 bits per heavy atom. The SMILES string of the molecule is O=C(Cc1ccccc1)NC1C(=O)N2C(C(=O)OCc3ccccc3)=C(O)CS[C@H]12. The van der Waals surface area contributed by atoms with Gasteiger partial charge in [0, 0.05) is 0 Å². The first-order chi connectivity index (χ1) is 14.5. The third-order valence-corrected chi connectivity index (χ3v) is 6.14. The van der Waals surface area contributed by atoms with Crippen molar-refractivity contribution in [2.45, 2.75) is 24.4 Å². The third-order valence-electron chi connectivity index (χ3n) is 4.88. The Hall–Kier alpha value is -3.26. The zero-order valence-corrected chi connectivity index (χ0v) is 16.8. The molecule has 1 fully saturated rings. The molecule has 2 atom stereocenters. The molecular weight excluding hydrogens is 404 g/mol. The first-order valence-corrected chi connectivity index (χ1v) is 10.5. The van der Waals surface area contributed by atoms with Crippen LogP contribution >= 0.6 is 11.8 Å². The summed E-state index contributed by atoms with van der Waals surface area (Å²) in [7, 11) is 0. The summed E-state index contributed by atoms with van der Waals surface area (Å²) in [6.45, 7) is 0.0353. The lowest BCUT2D eigenvalue weighted by molar-refractivity contribution is -0.153. The highest BCUT2D eigenvalue weighted by atomic mass is 32.2. The summed E-state index contributed by atoms with van der Waals surface area (Å²) in [6.07, 6.45) is 0.162. The van der Waals surface area contributed by atoms with Crippen LogP contribution in [0.2, 0.25) is 0 Å². The van der Waals surface area contributed by atoms with Crippen molar-refractivity contribution >= 4 is 29.5 Å². The molecule has 2 aromatic carbocycles. The third kappa shape index (κ3) is 4.04. The number of carbonyl (C=O) groups excluding carboxylic acids is 3. The summed E-state index contributed by atoms with van der Waals surface area (Å²) in [6, 6.07) is 17.6. The Kier molecular flexibility index (Phi) is 5.76. The van der Waals surface area contributed by atoms with Gasteiger partial charge < -0.3 is 15.2 Å². The highest BCUT2D eigenvalue weighted by Gasteiger charge is 2.54. The van der Waals surface area contributed by atoms with E-state index < -0.39 is 23.3 Å². The van der Waals surface area contributed by atoms with Gasteiger partial charge in [-0.05, 0) is 11.1 Å². The largest absolute Gasteiger partial charge is 0.509 e. The quantitative estimate of drug-likeness (QED) is 0.545. The second kappa shape index (κ2) is 8.62. The summed E-state index contributed by atoms with van der Waals surface area (Å²) in [5, 5.41) is 12.5. The minimum Gasteiger partial charge on any atom is -0.509 e. The maximum Gasteiger partial charge on any atom is 0.358 e. The standard InChI is InChI=1S/C22H20N2O5S/c25-16-13-30-21-18(23-17(26)11-14-7-3-1-4-8-14)20(27)24(21)19(16)22(28)29-12-15-9-5-2-6-10-15/h1-10,18,21,25H,11-13H2,(H,23,26)/t18?,21-/m1/s1. The van der Waals surface area contributed by atoms with Crippen molar-refractivity contribution in [2.24, 2.45) is 0 Å². The molecule has 4 rings (SSSR count). The molecule has 8 heteroatoms. The fourth-order valence-electron chi connectivity index (χ4n) is 3.39. The van der Waals surface area contributed by atoms with E-state index in [1.165, 1.54) is 16.7 Å². The molecule has 2 aromatic rings. The average Bonchev–Trinajstić information content (AvgIpc) is 2.77. The number of nitrogens with zero attached hydrogens (tertiary/aromatic N) is 1. The van der Waals surface area contributed by atoms with Crippen LogP contribution in [-0.2, 0) is 32.1 Å². The molecule has 0 spiro atoms. The maximum atomic E-state index is 12.7. The van der Waals surface area contributed by atoms with Gasteiger partial charge in [0.05, 0.1) is 12.2 Å². The van der Waals surface area contributed by atoms with Crippen LogP contribution in [0.3, 0.4) is 0 Å². The van der Waals surface area contributed by atoms with Gasteiger partial charge in [-0.1, -0.05) is 60.7 Å². The smallest absolute Gasteiger partial charge is 0.358 e. The van der Waals surface area contributed by atoms with Crippen LogP contribution in [0.1, 0.15) is 11.1 Å². The van der Waals surface area contributed by atoms with E-state index in [1.54, 1.807) is 0 Å². The van der Waals surface area contributed by atoms with Gasteiger partial charge in [0.25, 0.3) is 5.91 Å². The van der Waals surface area contributed by atoms with E-state index in [1.807, 2.05) is 60.7 Å². The van der Waals surface area contributed by atoms with Crippen molar-refractivity contribution in [1.29, 1.82) is 0 Å². The van der Waals surface area contributed by atoms with Gasteiger partial charge in [0.15, 0.2) is 5.70 Å². The van der Waals surface area contributed by atoms with Gasteiger partial charge in [-0.3, -0.25) is 14.5 Å². The summed E-state index contributed by atoms with van der Waals surface area (Å²) in [5.74, 6) is -1.51. The van der Waals surface area contributed by atoms with Crippen LogP contribution in [0.25, 0.3) is 0 Å². The normalized spacial score (nSPS) is 20.3. The number of amides is 2. The van der Waals surface area contributed by atoms with E-state index in [-0.39, 0.29) is 36.1 Å². The Labute approximate surface area is 177 Å². The van der Waals surface area contributed by atoms with Crippen molar-refractivity contribution in [3.8, 4) is 0 Å². The van der Waals surface area contributed by atoms with Gasteiger partial charge in [-0.15, -0.1) is 11.8 Å². The van der Waals surface area contributed by atoms with E-state index in [0.717, 1.165) is 11.1 Å². The lowest BCUT2D eigenvalue weighted by Gasteiger charge is -2.48. The van der Waals surface area contributed by atoms with Crippen LogP contribution in [0.4, 0.5) is 0 Å². The van der Waals surface area contributed by atoms with Gasteiger partial charge >= 0.3 is 5.97 Å². The number of benzene rings is 2. The van der Waals surface area contributed by atoms with E-state index in [9.17, 15) is 19.5 Å². The molecule has 2 amide bonds. The van der Waals surface area contributed by atoms with Gasteiger partial charge in [0.2, 0.25) is 5.91 Å².